The van der Waals surface area contributed by atoms with E-state index in [1.807, 2.05) is 29.2 Å². The molecule has 146 valence electrons. The maximum absolute atomic E-state index is 12.9. The van der Waals surface area contributed by atoms with E-state index < -0.39 is 6.10 Å². The van der Waals surface area contributed by atoms with E-state index in [9.17, 15) is 4.79 Å². The average Bonchev–Trinajstić information content (AvgIpc) is 3.25. The number of piperidine rings is 1. The third-order valence-electron chi connectivity index (χ3n) is 5.66. The minimum Gasteiger partial charge on any atom is -0.497 e. The maximum atomic E-state index is 12.9. The van der Waals surface area contributed by atoms with Crippen LogP contribution in [-0.2, 0) is 16.1 Å². The molecule has 0 spiro atoms. The summed E-state index contributed by atoms with van der Waals surface area (Å²) in [5, 5.41) is 4.16. The van der Waals surface area contributed by atoms with Crippen molar-refractivity contribution in [3.63, 3.8) is 0 Å². The van der Waals surface area contributed by atoms with Gasteiger partial charge in [-0.25, -0.2) is 0 Å². The van der Waals surface area contributed by atoms with Crippen molar-refractivity contribution in [3.8, 4) is 5.75 Å². The second kappa shape index (κ2) is 8.46. The Balaban J connectivity index is 1.28. The molecular weight excluding hydrogens is 352 g/mol. The summed E-state index contributed by atoms with van der Waals surface area (Å²) in [7, 11) is 1.64. The quantitative estimate of drug-likeness (QED) is 0.798. The van der Waals surface area contributed by atoms with Crippen LogP contribution >= 0.6 is 0 Å². The van der Waals surface area contributed by atoms with Crippen molar-refractivity contribution in [3.05, 3.63) is 65.7 Å². The fourth-order valence-corrected chi connectivity index (χ4v) is 3.97. The molecule has 0 saturated carbocycles. The number of methoxy groups -OCH3 is 1. The van der Waals surface area contributed by atoms with Gasteiger partial charge < -0.3 is 14.5 Å². The van der Waals surface area contributed by atoms with E-state index in [1.54, 1.807) is 7.11 Å². The van der Waals surface area contributed by atoms with Gasteiger partial charge in [-0.1, -0.05) is 35.5 Å². The minimum atomic E-state index is -0.497. The van der Waals surface area contributed by atoms with Gasteiger partial charge in [0.15, 0.2) is 0 Å². The Morgan fingerprint density at radius 1 is 1.11 bits per heavy atom. The number of rotatable bonds is 5. The van der Waals surface area contributed by atoms with Crippen molar-refractivity contribution >= 4 is 11.6 Å². The molecule has 2 aromatic rings. The third kappa shape index (κ3) is 4.19. The van der Waals surface area contributed by atoms with Crippen LogP contribution in [0.2, 0.25) is 0 Å². The molecule has 0 aromatic heterocycles. The number of oxime groups is 1. The number of amides is 1. The van der Waals surface area contributed by atoms with Gasteiger partial charge in [-0.3, -0.25) is 4.79 Å². The summed E-state index contributed by atoms with van der Waals surface area (Å²) in [6.07, 6.45) is 3.20. The van der Waals surface area contributed by atoms with Crippen LogP contribution in [0.15, 0.2) is 59.8 Å². The normalized spacial score (nSPS) is 19.8. The first-order chi connectivity index (χ1) is 13.7. The van der Waals surface area contributed by atoms with Crippen molar-refractivity contribution in [2.24, 2.45) is 11.1 Å². The van der Waals surface area contributed by atoms with E-state index in [-0.39, 0.29) is 5.91 Å². The molecule has 4 rings (SSSR count). The number of carbonyl (C=O) groups is 1. The SMILES string of the molecule is COc1ccc(C2=NO[C@@H](C(=O)N3CCC(Cc4ccccc4)CC3)C2)cc1. The van der Waals surface area contributed by atoms with Gasteiger partial charge in [0.05, 0.1) is 12.8 Å². The summed E-state index contributed by atoms with van der Waals surface area (Å²) in [4.78, 5) is 20.3. The largest absolute Gasteiger partial charge is 0.497 e. The fourth-order valence-electron chi connectivity index (χ4n) is 3.97. The summed E-state index contributed by atoms with van der Waals surface area (Å²) < 4.78 is 5.18. The molecule has 0 aliphatic carbocycles. The van der Waals surface area contributed by atoms with E-state index in [2.05, 4.69) is 35.5 Å². The van der Waals surface area contributed by atoms with Crippen molar-refractivity contribution < 1.29 is 14.4 Å². The molecule has 2 heterocycles. The minimum absolute atomic E-state index is 0.0606. The summed E-state index contributed by atoms with van der Waals surface area (Å²) in [6.45, 7) is 1.60. The van der Waals surface area contributed by atoms with E-state index in [1.165, 1.54) is 5.56 Å². The second-order valence-electron chi connectivity index (χ2n) is 7.52. The zero-order chi connectivity index (χ0) is 19.3. The fraction of sp³-hybridized carbons (Fsp3) is 0.391. The molecule has 0 bridgehead atoms. The summed E-state index contributed by atoms with van der Waals surface area (Å²) in [6, 6.07) is 18.3. The Kier molecular flexibility index (Phi) is 5.60. The van der Waals surface area contributed by atoms with Crippen LogP contribution in [0.1, 0.15) is 30.4 Å². The van der Waals surface area contributed by atoms with Crippen LogP contribution in [0.4, 0.5) is 0 Å². The molecule has 28 heavy (non-hydrogen) atoms. The molecule has 5 nitrogen and oxygen atoms in total. The number of likely N-dealkylation sites (tertiary alicyclic amines) is 1. The van der Waals surface area contributed by atoms with Gasteiger partial charge in [0.25, 0.3) is 5.91 Å². The lowest BCUT2D eigenvalue weighted by molar-refractivity contribution is -0.143. The lowest BCUT2D eigenvalue weighted by Gasteiger charge is -2.33. The molecule has 0 radical (unpaired) electrons. The molecule has 1 amide bonds. The van der Waals surface area contributed by atoms with Crippen molar-refractivity contribution in [1.29, 1.82) is 0 Å². The zero-order valence-electron chi connectivity index (χ0n) is 16.2. The van der Waals surface area contributed by atoms with E-state index in [0.29, 0.717) is 12.3 Å². The molecule has 1 atom stereocenters. The van der Waals surface area contributed by atoms with Crippen molar-refractivity contribution in [2.75, 3.05) is 20.2 Å². The number of carbonyl (C=O) groups excluding carboxylic acids is 1. The molecular formula is C23H26N2O3. The first-order valence-electron chi connectivity index (χ1n) is 9.93. The molecule has 0 N–H and O–H groups in total. The van der Waals surface area contributed by atoms with Crippen LogP contribution in [0, 0.1) is 5.92 Å². The van der Waals surface area contributed by atoms with Crippen LogP contribution in [0.5, 0.6) is 5.75 Å². The second-order valence-corrected chi connectivity index (χ2v) is 7.52. The number of hydrogen-bond acceptors (Lipinski definition) is 4. The van der Waals surface area contributed by atoms with Crippen molar-refractivity contribution in [2.45, 2.75) is 31.8 Å². The van der Waals surface area contributed by atoms with Crippen LogP contribution < -0.4 is 4.74 Å². The number of nitrogens with zero attached hydrogens (tertiary/aromatic N) is 2. The Morgan fingerprint density at radius 3 is 2.50 bits per heavy atom. The predicted octanol–water partition coefficient (Wildman–Crippen LogP) is 3.67. The first-order valence-corrected chi connectivity index (χ1v) is 9.93. The Bertz CT molecular complexity index is 825. The summed E-state index contributed by atoms with van der Waals surface area (Å²) in [5.41, 5.74) is 3.17. The lowest BCUT2D eigenvalue weighted by Crippen LogP contribution is -2.44. The highest BCUT2D eigenvalue weighted by atomic mass is 16.6. The molecule has 5 heteroatoms. The highest BCUT2D eigenvalue weighted by Gasteiger charge is 2.34. The van der Waals surface area contributed by atoms with Gasteiger partial charge in [0, 0.05) is 19.5 Å². The van der Waals surface area contributed by atoms with Crippen LogP contribution in [0.25, 0.3) is 0 Å². The van der Waals surface area contributed by atoms with Crippen LogP contribution in [0.3, 0.4) is 0 Å². The standard InChI is InChI=1S/C23H26N2O3/c1-27-20-9-7-19(8-10-20)21-16-22(28-24-21)23(26)25-13-11-18(12-14-25)15-17-5-3-2-4-6-17/h2-10,18,22H,11-16H2,1H3/t22-/m1/s1. The molecule has 2 aliphatic rings. The lowest BCUT2D eigenvalue weighted by atomic mass is 9.90. The average molecular weight is 378 g/mol. The topological polar surface area (TPSA) is 51.1 Å². The number of hydrogen-bond donors (Lipinski definition) is 0. The molecule has 2 aliphatic heterocycles. The van der Waals surface area contributed by atoms with Gasteiger partial charge in [0.2, 0.25) is 6.10 Å². The summed E-state index contributed by atoms with van der Waals surface area (Å²) in [5.74, 6) is 1.50. The van der Waals surface area contributed by atoms with E-state index >= 15 is 0 Å². The number of ether oxygens (including phenoxy) is 1. The van der Waals surface area contributed by atoms with Gasteiger partial charge in [0.1, 0.15) is 5.75 Å². The van der Waals surface area contributed by atoms with Gasteiger partial charge in [-0.05, 0) is 60.6 Å². The van der Waals surface area contributed by atoms with Gasteiger partial charge in [-0.15, -0.1) is 0 Å². The predicted molar refractivity (Wildman–Crippen MR) is 108 cm³/mol. The van der Waals surface area contributed by atoms with E-state index in [4.69, 9.17) is 9.57 Å². The zero-order valence-corrected chi connectivity index (χ0v) is 16.2. The molecule has 2 aromatic carbocycles. The smallest absolute Gasteiger partial charge is 0.266 e. The van der Waals surface area contributed by atoms with Crippen molar-refractivity contribution in [1.82, 2.24) is 4.90 Å². The summed E-state index contributed by atoms with van der Waals surface area (Å²) >= 11 is 0. The Hall–Kier alpha value is -2.82. The monoisotopic (exact) mass is 378 g/mol. The Morgan fingerprint density at radius 2 is 1.82 bits per heavy atom. The van der Waals surface area contributed by atoms with Crippen LogP contribution in [-0.4, -0.2) is 42.8 Å². The molecule has 1 fully saturated rings. The maximum Gasteiger partial charge on any atom is 0.266 e. The van der Waals surface area contributed by atoms with Gasteiger partial charge in [-0.2, -0.15) is 0 Å². The van der Waals surface area contributed by atoms with E-state index in [0.717, 1.165) is 49.4 Å². The Labute approximate surface area is 165 Å². The molecule has 1 saturated heterocycles. The third-order valence-corrected chi connectivity index (χ3v) is 5.66. The number of benzene rings is 2. The first kappa shape index (κ1) is 18.5. The highest BCUT2D eigenvalue weighted by molar-refractivity contribution is 6.04. The molecule has 0 unspecified atom stereocenters. The highest BCUT2D eigenvalue weighted by Crippen LogP contribution is 2.25. The van der Waals surface area contributed by atoms with Gasteiger partial charge >= 0.3 is 0 Å².